The normalized spacial score (nSPS) is 11.5. The first kappa shape index (κ1) is 19.8. The summed E-state index contributed by atoms with van der Waals surface area (Å²) in [6.07, 6.45) is 1.24. The van der Waals surface area contributed by atoms with E-state index in [2.05, 4.69) is 10.5 Å². The van der Waals surface area contributed by atoms with Crippen LogP contribution < -0.4 is 5.43 Å². The number of amides is 1. The number of halogens is 1. The maximum Gasteiger partial charge on any atom is 0.281 e. The Kier molecular flexibility index (Phi) is 5.96. The molecule has 0 aliphatic carbocycles. The Hall–Kier alpha value is -2.91. The second-order valence-corrected chi connectivity index (χ2v) is 7.17. The molecular formula is C21H17IN2O4. The van der Waals surface area contributed by atoms with Gasteiger partial charge in [-0.25, -0.2) is 5.43 Å². The second kappa shape index (κ2) is 8.41. The molecule has 0 saturated heterocycles. The van der Waals surface area contributed by atoms with E-state index >= 15 is 0 Å². The molecule has 0 radical (unpaired) electrons. The molecule has 0 heterocycles. The molecule has 28 heavy (non-hydrogen) atoms. The highest BCUT2D eigenvalue weighted by atomic mass is 127. The van der Waals surface area contributed by atoms with E-state index < -0.39 is 11.5 Å². The molecule has 0 aromatic heterocycles. The quantitative estimate of drug-likeness (QED) is 0.252. The van der Waals surface area contributed by atoms with Gasteiger partial charge in [0.25, 0.3) is 5.91 Å². The molecule has 0 fully saturated rings. The predicted octanol–water partition coefficient (Wildman–Crippen LogP) is 3.09. The van der Waals surface area contributed by atoms with Gasteiger partial charge in [-0.15, -0.1) is 0 Å². The van der Waals surface area contributed by atoms with Crippen LogP contribution in [-0.2, 0) is 10.4 Å². The molecule has 0 saturated carbocycles. The van der Waals surface area contributed by atoms with E-state index in [-0.39, 0.29) is 11.5 Å². The molecule has 3 rings (SSSR count). The van der Waals surface area contributed by atoms with Crippen LogP contribution in [0, 0.1) is 3.57 Å². The van der Waals surface area contributed by atoms with Gasteiger partial charge >= 0.3 is 0 Å². The number of hydrogen-bond acceptors (Lipinski definition) is 5. The van der Waals surface area contributed by atoms with Crippen LogP contribution in [0.5, 0.6) is 11.5 Å². The van der Waals surface area contributed by atoms with Gasteiger partial charge < -0.3 is 15.3 Å². The van der Waals surface area contributed by atoms with E-state index in [0.717, 1.165) is 0 Å². The number of hydrazone groups is 1. The van der Waals surface area contributed by atoms with Gasteiger partial charge in [-0.2, -0.15) is 5.10 Å². The average molecular weight is 488 g/mol. The number of carbonyl (C=O) groups is 1. The molecule has 3 aromatic rings. The molecule has 142 valence electrons. The molecule has 0 spiro atoms. The zero-order valence-corrected chi connectivity index (χ0v) is 16.7. The van der Waals surface area contributed by atoms with Crippen molar-refractivity contribution < 1.29 is 20.1 Å². The van der Waals surface area contributed by atoms with E-state index in [0.29, 0.717) is 20.3 Å². The Bertz CT molecular complexity index is 968. The molecule has 7 heteroatoms. The maximum absolute atomic E-state index is 12.9. The minimum atomic E-state index is -1.94. The van der Waals surface area contributed by atoms with Gasteiger partial charge in [-0.1, -0.05) is 60.7 Å². The van der Waals surface area contributed by atoms with Crippen LogP contribution in [0.4, 0.5) is 0 Å². The lowest BCUT2D eigenvalue weighted by atomic mass is 9.85. The fourth-order valence-electron chi connectivity index (χ4n) is 2.70. The summed E-state index contributed by atoms with van der Waals surface area (Å²) in [4.78, 5) is 12.9. The van der Waals surface area contributed by atoms with Crippen LogP contribution in [0.15, 0.2) is 77.9 Å². The number of aromatic hydroxyl groups is 2. The lowest BCUT2D eigenvalue weighted by Crippen LogP contribution is -2.43. The summed E-state index contributed by atoms with van der Waals surface area (Å²) >= 11 is 1.91. The van der Waals surface area contributed by atoms with Crippen molar-refractivity contribution in [1.29, 1.82) is 0 Å². The van der Waals surface area contributed by atoms with E-state index in [1.807, 2.05) is 22.6 Å². The van der Waals surface area contributed by atoms with Crippen LogP contribution >= 0.6 is 22.6 Å². The summed E-state index contributed by atoms with van der Waals surface area (Å²) in [5.41, 5.74) is 1.50. The molecule has 1 amide bonds. The summed E-state index contributed by atoms with van der Waals surface area (Å²) in [5, 5.41) is 34.6. The first-order chi connectivity index (χ1) is 13.4. The SMILES string of the molecule is O=C(N/N=C\c1cc(I)c(O)cc1O)C(O)(c1ccccc1)c1ccccc1. The smallest absolute Gasteiger partial charge is 0.281 e. The van der Waals surface area contributed by atoms with Crippen molar-refractivity contribution in [2.75, 3.05) is 0 Å². The molecule has 0 bridgehead atoms. The van der Waals surface area contributed by atoms with Crippen LogP contribution in [0.2, 0.25) is 0 Å². The average Bonchev–Trinajstić information content (AvgIpc) is 2.72. The van der Waals surface area contributed by atoms with Crippen molar-refractivity contribution in [2.24, 2.45) is 5.10 Å². The van der Waals surface area contributed by atoms with E-state index in [4.69, 9.17) is 0 Å². The second-order valence-electron chi connectivity index (χ2n) is 6.00. The molecule has 3 aromatic carbocycles. The Labute approximate surface area is 175 Å². The number of phenolic OH excluding ortho intramolecular Hbond substituents is 2. The zero-order valence-electron chi connectivity index (χ0n) is 14.6. The minimum absolute atomic E-state index is 0.0539. The van der Waals surface area contributed by atoms with Crippen molar-refractivity contribution in [1.82, 2.24) is 5.43 Å². The Morgan fingerprint density at radius 2 is 1.46 bits per heavy atom. The first-order valence-electron chi connectivity index (χ1n) is 8.31. The fraction of sp³-hybridized carbons (Fsp3) is 0.0476. The van der Waals surface area contributed by atoms with Crippen LogP contribution in [0.25, 0.3) is 0 Å². The van der Waals surface area contributed by atoms with E-state index in [1.54, 1.807) is 60.7 Å². The van der Waals surface area contributed by atoms with Gasteiger partial charge in [0.2, 0.25) is 0 Å². The van der Waals surface area contributed by atoms with Gasteiger partial charge in [0.05, 0.1) is 9.78 Å². The highest BCUT2D eigenvalue weighted by Gasteiger charge is 2.39. The fourth-order valence-corrected chi connectivity index (χ4v) is 3.19. The van der Waals surface area contributed by atoms with Gasteiger partial charge in [-0.05, 0) is 39.8 Å². The Morgan fingerprint density at radius 3 is 2.00 bits per heavy atom. The number of benzene rings is 3. The summed E-state index contributed by atoms with van der Waals surface area (Å²) in [6, 6.07) is 19.8. The van der Waals surface area contributed by atoms with E-state index in [9.17, 15) is 20.1 Å². The lowest BCUT2D eigenvalue weighted by molar-refractivity contribution is -0.136. The summed E-state index contributed by atoms with van der Waals surface area (Å²) in [6.45, 7) is 0. The molecule has 6 nitrogen and oxygen atoms in total. The van der Waals surface area contributed by atoms with E-state index in [1.165, 1.54) is 18.3 Å². The number of phenols is 2. The van der Waals surface area contributed by atoms with Gasteiger partial charge in [0.1, 0.15) is 11.5 Å². The van der Waals surface area contributed by atoms with Crippen LogP contribution in [0.3, 0.4) is 0 Å². The van der Waals surface area contributed by atoms with Gasteiger partial charge in [0.15, 0.2) is 5.60 Å². The van der Waals surface area contributed by atoms with Gasteiger partial charge in [-0.3, -0.25) is 4.79 Å². The van der Waals surface area contributed by atoms with Crippen molar-refractivity contribution in [2.45, 2.75) is 5.60 Å². The lowest BCUT2D eigenvalue weighted by Gasteiger charge is -2.27. The standard InChI is InChI=1S/C21H17IN2O4/c22-17-11-14(18(25)12-19(17)26)13-23-24-20(27)21(28,15-7-3-1-4-8-15)16-9-5-2-6-10-16/h1-13,25-26,28H,(H,24,27)/b23-13-. The van der Waals surface area contributed by atoms with Crippen molar-refractivity contribution in [3.05, 3.63) is 93.1 Å². The third kappa shape index (κ3) is 4.00. The number of hydrogen-bond donors (Lipinski definition) is 4. The van der Waals surface area contributed by atoms with Crippen LogP contribution in [0.1, 0.15) is 16.7 Å². The zero-order chi connectivity index (χ0) is 20.1. The molecule has 0 atom stereocenters. The Balaban J connectivity index is 1.90. The largest absolute Gasteiger partial charge is 0.507 e. The van der Waals surface area contributed by atoms with Crippen molar-refractivity contribution in [3.8, 4) is 11.5 Å². The predicted molar refractivity (Wildman–Crippen MR) is 114 cm³/mol. The number of rotatable bonds is 5. The molecule has 0 aliphatic rings. The molecule has 4 N–H and O–H groups in total. The highest BCUT2D eigenvalue weighted by molar-refractivity contribution is 14.1. The molecule has 0 aliphatic heterocycles. The third-order valence-electron chi connectivity index (χ3n) is 4.18. The topological polar surface area (TPSA) is 102 Å². The number of nitrogens with zero attached hydrogens (tertiary/aromatic N) is 1. The van der Waals surface area contributed by atoms with Crippen molar-refractivity contribution in [3.63, 3.8) is 0 Å². The third-order valence-corrected chi connectivity index (χ3v) is 5.04. The molecule has 0 unspecified atom stereocenters. The Morgan fingerprint density at radius 1 is 0.929 bits per heavy atom. The number of nitrogens with one attached hydrogen (secondary N) is 1. The summed E-state index contributed by atoms with van der Waals surface area (Å²) < 4.78 is 0.522. The maximum atomic E-state index is 12.9. The monoisotopic (exact) mass is 488 g/mol. The summed E-state index contributed by atoms with van der Waals surface area (Å²) in [5.74, 6) is -0.978. The summed E-state index contributed by atoms with van der Waals surface area (Å²) in [7, 11) is 0. The minimum Gasteiger partial charge on any atom is -0.507 e. The first-order valence-corrected chi connectivity index (χ1v) is 9.39. The van der Waals surface area contributed by atoms with Crippen molar-refractivity contribution >= 4 is 34.7 Å². The van der Waals surface area contributed by atoms with Crippen LogP contribution in [-0.4, -0.2) is 27.4 Å². The molecular weight excluding hydrogens is 471 g/mol. The number of carbonyl (C=O) groups excluding carboxylic acids is 1. The number of aliphatic hydroxyl groups is 1. The highest BCUT2D eigenvalue weighted by Crippen LogP contribution is 2.30. The van der Waals surface area contributed by atoms with Gasteiger partial charge in [0, 0.05) is 11.6 Å².